The van der Waals surface area contributed by atoms with Crippen LogP contribution in [0.25, 0.3) is 0 Å². The van der Waals surface area contributed by atoms with Crippen molar-refractivity contribution in [1.29, 1.82) is 0 Å². The molecule has 20 heavy (non-hydrogen) atoms. The maximum atomic E-state index is 12.4. The summed E-state index contributed by atoms with van der Waals surface area (Å²) in [5.41, 5.74) is 7.58. The number of Topliss-reactive ketones (excluding diaryl/α,β-unsaturated/α-hetero) is 1. The molecule has 1 aliphatic heterocycles. The largest absolute Gasteiger partial charge is 0.492 e. The molecule has 2 rings (SSSR count). The number of rotatable bonds is 8. The van der Waals surface area contributed by atoms with Gasteiger partial charge in [0.05, 0.1) is 12.2 Å². The lowest BCUT2D eigenvalue weighted by atomic mass is 9.92. The molecule has 2 N–H and O–H groups in total. The molecular weight excluding hydrogens is 250 g/mol. The van der Waals surface area contributed by atoms with Gasteiger partial charge >= 0.3 is 0 Å². The van der Waals surface area contributed by atoms with E-state index in [-0.39, 0.29) is 5.78 Å². The van der Waals surface area contributed by atoms with Crippen molar-refractivity contribution in [2.75, 3.05) is 13.2 Å². The van der Waals surface area contributed by atoms with E-state index in [0.29, 0.717) is 25.5 Å². The second kappa shape index (κ2) is 7.44. The second-order valence-corrected chi connectivity index (χ2v) is 5.59. The summed E-state index contributed by atoms with van der Waals surface area (Å²) in [6, 6.07) is 5.90. The molecular formula is C17H25NO2. The van der Waals surface area contributed by atoms with Gasteiger partial charge in [0.25, 0.3) is 0 Å². The van der Waals surface area contributed by atoms with Crippen LogP contribution in [0.3, 0.4) is 0 Å². The van der Waals surface area contributed by atoms with Crippen molar-refractivity contribution >= 4 is 5.78 Å². The molecule has 0 aromatic heterocycles. The summed E-state index contributed by atoms with van der Waals surface area (Å²) < 4.78 is 5.61. The van der Waals surface area contributed by atoms with Gasteiger partial charge in [-0.05, 0) is 36.9 Å². The Morgan fingerprint density at radius 2 is 2.20 bits per heavy atom. The van der Waals surface area contributed by atoms with Gasteiger partial charge in [-0.2, -0.15) is 0 Å². The Morgan fingerprint density at radius 1 is 1.35 bits per heavy atom. The zero-order valence-electron chi connectivity index (χ0n) is 12.4. The minimum Gasteiger partial charge on any atom is -0.492 e. The highest BCUT2D eigenvalue weighted by Gasteiger charge is 2.20. The number of hydrogen-bond donors (Lipinski definition) is 1. The summed E-state index contributed by atoms with van der Waals surface area (Å²) in [6.45, 7) is 3.59. The Hall–Kier alpha value is -1.35. The fourth-order valence-corrected chi connectivity index (χ4v) is 2.98. The summed E-state index contributed by atoms with van der Waals surface area (Å²) >= 11 is 0. The first-order valence-electron chi connectivity index (χ1n) is 7.74. The Kier molecular flexibility index (Phi) is 5.60. The molecule has 1 unspecified atom stereocenters. The van der Waals surface area contributed by atoms with Crippen LogP contribution >= 0.6 is 0 Å². The summed E-state index contributed by atoms with van der Waals surface area (Å²) in [5, 5.41) is 0. The number of carbonyl (C=O) groups excluding carboxylic acids is 1. The Bertz CT molecular complexity index is 450. The predicted molar refractivity (Wildman–Crippen MR) is 81.3 cm³/mol. The molecule has 3 heteroatoms. The van der Waals surface area contributed by atoms with Gasteiger partial charge in [0.2, 0.25) is 0 Å². The molecule has 1 aliphatic rings. The van der Waals surface area contributed by atoms with Gasteiger partial charge < -0.3 is 10.5 Å². The molecule has 0 saturated carbocycles. The lowest BCUT2D eigenvalue weighted by Gasteiger charge is -2.15. The van der Waals surface area contributed by atoms with Crippen LogP contribution < -0.4 is 10.5 Å². The molecule has 1 heterocycles. The Labute approximate surface area is 121 Å². The lowest BCUT2D eigenvalue weighted by Crippen LogP contribution is -2.11. The van der Waals surface area contributed by atoms with Crippen LogP contribution in [0.15, 0.2) is 18.2 Å². The Balaban J connectivity index is 1.96. The van der Waals surface area contributed by atoms with E-state index in [9.17, 15) is 4.79 Å². The van der Waals surface area contributed by atoms with Crippen LogP contribution in [0.1, 0.15) is 54.9 Å². The van der Waals surface area contributed by atoms with Gasteiger partial charge in [0, 0.05) is 12.8 Å². The molecule has 0 spiro atoms. The summed E-state index contributed by atoms with van der Waals surface area (Å²) in [5.74, 6) is 1.61. The molecule has 1 aromatic carbocycles. The fourth-order valence-electron chi connectivity index (χ4n) is 2.98. The van der Waals surface area contributed by atoms with Crippen molar-refractivity contribution in [3.05, 3.63) is 29.3 Å². The lowest BCUT2D eigenvalue weighted by molar-refractivity contribution is 0.0969. The van der Waals surface area contributed by atoms with E-state index in [1.54, 1.807) is 0 Å². The molecule has 0 bridgehead atoms. The molecule has 0 radical (unpaired) electrons. The number of fused-ring (bicyclic) bond motifs is 1. The summed E-state index contributed by atoms with van der Waals surface area (Å²) in [6.07, 6.45) is 5.79. The molecule has 110 valence electrons. The highest BCUT2D eigenvalue weighted by molar-refractivity contribution is 5.99. The molecule has 1 aromatic rings. The zero-order valence-corrected chi connectivity index (χ0v) is 12.4. The van der Waals surface area contributed by atoms with E-state index in [1.165, 1.54) is 5.56 Å². The number of benzene rings is 1. The standard InChI is InChI=1S/C17H25NO2/c1-2-4-13(9-11-18)7-8-16(19)15-6-3-5-14-10-12-20-17(14)15/h3,5-6,13H,2,4,7-12,18H2,1H3. The smallest absolute Gasteiger partial charge is 0.166 e. The van der Waals surface area contributed by atoms with Crippen molar-refractivity contribution in [3.8, 4) is 5.75 Å². The van der Waals surface area contributed by atoms with Crippen molar-refractivity contribution in [2.24, 2.45) is 11.7 Å². The van der Waals surface area contributed by atoms with Crippen LogP contribution in [0.2, 0.25) is 0 Å². The van der Waals surface area contributed by atoms with Gasteiger partial charge in [-0.1, -0.05) is 31.9 Å². The molecule has 3 nitrogen and oxygen atoms in total. The number of ether oxygens (including phenoxy) is 1. The SMILES string of the molecule is CCCC(CCN)CCC(=O)c1cccc2c1OCC2. The average Bonchev–Trinajstić information content (AvgIpc) is 2.93. The van der Waals surface area contributed by atoms with Gasteiger partial charge in [-0.25, -0.2) is 0 Å². The van der Waals surface area contributed by atoms with Gasteiger partial charge in [-0.3, -0.25) is 4.79 Å². The summed E-state index contributed by atoms with van der Waals surface area (Å²) in [4.78, 5) is 12.4. The third-order valence-electron chi connectivity index (χ3n) is 4.07. The van der Waals surface area contributed by atoms with E-state index >= 15 is 0 Å². The maximum Gasteiger partial charge on any atom is 0.166 e. The third kappa shape index (κ3) is 3.60. The number of hydrogen-bond acceptors (Lipinski definition) is 3. The minimum absolute atomic E-state index is 0.210. The van der Waals surface area contributed by atoms with Gasteiger partial charge in [0.15, 0.2) is 5.78 Å². The van der Waals surface area contributed by atoms with Gasteiger partial charge in [0.1, 0.15) is 5.75 Å². The minimum atomic E-state index is 0.210. The maximum absolute atomic E-state index is 12.4. The molecule has 0 fully saturated rings. The third-order valence-corrected chi connectivity index (χ3v) is 4.07. The molecule has 0 aliphatic carbocycles. The number of ketones is 1. The summed E-state index contributed by atoms with van der Waals surface area (Å²) in [7, 11) is 0. The van der Waals surface area contributed by atoms with Crippen LogP contribution in [0.5, 0.6) is 5.75 Å². The number of nitrogens with two attached hydrogens (primary N) is 1. The predicted octanol–water partition coefficient (Wildman–Crippen LogP) is 3.35. The normalized spacial score (nSPS) is 14.7. The first kappa shape index (κ1) is 15.0. The van der Waals surface area contributed by atoms with Crippen molar-refractivity contribution in [2.45, 2.75) is 45.4 Å². The first-order chi connectivity index (χ1) is 9.76. The van der Waals surface area contributed by atoms with E-state index < -0.39 is 0 Å². The van der Waals surface area contributed by atoms with Crippen molar-refractivity contribution in [3.63, 3.8) is 0 Å². The molecule has 1 atom stereocenters. The molecule has 0 saturated heterocycles. The van der Waals surface area contributed by atoms with E-state index in [4.69, 9.17) is 10.5 Å². The van der Waals surface area contributed by atoms with E-state index in [0.717, 1.165) is 43.4 Å². The zero-order chi connectivity index (χ0) is 14.4. The van der Waals surface area contributed by atoms with E-state index in [2.05, 4.69) is 6.92 Å². The molecule has 0 amide bonds. The van der Waals surface area contributed by atoms with Crippen LogP contribution in [0.4, 0.5) is 0 Å². The number of carbonyl (C=O) groups is 1. The van der Waals surface area contributed by atoms with Crippen molar-refractivity contribution in [1.82, 2.24) is 0 Å². The van der Waals surface area contributed by atoms with E-state index in [1.807, 2.05) is 18.2 Å². The Morgan fingerprint density at radius 3 is 2.95 bits per heavy atom. The van der Waals surface area contributed by atoms with Crippen LogP contribution in [-0.4, -0.2) is 18.9 Å². The second-order valence-electron chi connectivity index (χ2n) is 5.59. The monoisotopic (exact) mass is 275 g/mol. The quantitative estimate of drug-likeness (QED) is 0.740. The highest BCUT2D eigenvalue weighted by Crippen LogP contribution is 2.31. The van der Waals surface area contributed by atoms with Crippen molar-refractivity contribution < 1.29 is 9.53 Å². The fraction of sp³-hybridized carbons (Fsp3) is 0.588. The highest BCUT2D eigenvalue weighted by atomic mass is 16.5. The number of para-hydroxylation sites is 1. The van der Waals surface area contributed by atoms with Crippen LogP contribution in [-0.2, 0) is 6.42 Å². The average molecular weight is 275 g/mol. The first-order valence-corrected chi connectivity index (χ1v) is 7.74. The van der Waals surface area contributed by atoms with Gasteiger partial charge in [-0.15, -0.1) is 0 Å². The van der Waals surface area contributed by atoms with Crippen LogP contribution in [0, 0.1) is 5.92 Å². The topological polar surface area (TPSA) is 52.3 Å².